The number of nitrogens with zero attached hydrogens (tertiary/aromatic N) is 4. The van der Waals surface area contributed by atoms with Gasteiger partial charge in [-0.3, -0.25) is 14.7 Å². The van der Waals surface area contributed by atoms with Crippen molar-refractivity contribution >= 4 is 16.6 Å². The Hall–Kier alpha value is -2.57. The van der Waals surface area contributed by atoms with E-state index in [0.717, 1.165) is 40.8 Å². The third kappa shape index (κ3) is 4.07. The van der Waals surface area contributed by atoms with Crippen LogP contribution < -0.4 is 0 Å². The summed E-state index contributed by atoms with van der Waals surface area (Å²) in [6.45, 7) is 4.82. The van der Waals surface area contributed by atoms with Crippen LogP contribution in [-0.4, -0.2) is 57.6 Å². The number of ketones is 1. The number of hydrogen-bond acceptors (Lipinski definition) is 5. The topological polar surface area (TPSA) is 60.2 Å². The van der Waals surface area contributed by atoms with Crippen LogP contribution in [0.1, 0.15) is 12.6 Å². The molecule has 1 fully saturated rings. The van der Waals surface area contributed by atoms with E-state index >= 15 is 0 Å². The van der Waals surface area contributed by atoms with E-state index in [2.05, 4.69) is 33.1 Å². The van der Waals surface area contributed by atoms with Crippen molar-refractivity contribution in [2.24, 2.45) is 7.05 Å². The molecular weight excluding hydrogens is 340 g/mol. The van der Waals surface area contributed by atoms with E-state index in [1.165, 1.54) is 0 Å². The lowest BCUT2D eigenvalue weighted by Crippen LogP contribution is -2.43. The Kier molecular flexibility index (Phi) is 5.01. The Morgan fingerprint density at radius 2 is 2.15 bits per heavy atom. The summed E-state index contributed by atoms with van der Waals surface area (Å²) in [4.78, 5) is 23.3. The molecule has 3 aromatic rings. The second-order valence-corrected chi connectivity index (χ2v) is 7.26. The van der Waals surface area contributed by atoms with E-state index in [1.807, 2.05) is 37.0 Å². The molecule has 27 heavy (non-hydrogen) atoms. The van der Waals surface area contributed by atoms with Crippen molar-refractivity contribution in [3.63, 3.8) is 0 Å². The minimum atomic E-state index is 0.191. The van der Waals surface area contributed by atoms with Crippen molar-refractivity contribution in [1.29, 1.82) is 0 Å². The molecule has 4 rings (SSSR count). The van der Waals surface area contributed by atoms with Gasteiger partial charge < -0.3 is 9.30 Å². The number of imidazole rings is 1. The molecule has 140 valence electrons. The zero-order chi connectivity index (χ0) is 18.8. The van der Waals surface area contributed by atoms with Gasteiger partial charge in [0.2, 0.25) is 0 Å². The molecule has 1 aliphatic heterocycles. The molecule has 6 heteroatoms. The van der Waals surface area contributed by atoms with Crippen molar-refractivity contribution in [3.8, 4) is 11.3 Å². The van der Waals surface area contributed by atoms with Crippen LogP contribution in [0.4, 0.5) is 0 Å². The summed E-state index contributed by atoms with van der Waals surface area (Å²) in [6.07, 6.45) is 6.05. The summed E-state index contributed by atoms with van der Waals surface area (Å²) in [5, 5.41) is 2.16. The zero-order valence-electron chi connectivity index (χ0n) is 15.8. The maximum absolute atomic E-state index is 12.5. The van der Waals surface area contributed by atoms with Crippen LogP contribution in [0.3, 0.4) is 0 Å². The summed E-state index contributed by atoms with van der Waals surface area (Å²) in [6, 6.07) is 8.29. The van der Waals surface area contributed by atoms with E-state index in [1.54, 1.807) is 6.33 Å². The minimum absolute atomic E-state index is 0.191. The number of pyridine rings is 1. The molecule has 0 radical (unpaired) electrons. The second kappa shape index (κ2) is 7.58. The smallest absolute Gasteiger partial charge is 0.152 e. The molecule has 0 N–H and O–H groups in total. The Balaban J connectivity index is 1.50. The van der Waals surface area contributed by atoms with E-state index in [4.69, 9.17) is 4.74 Å². The Morgan fingerprint density at radius 1 is 1.26 bits per heavy atom. The largest absolute Gasteiger partial charge is 0.376 e. The molecule has 2 aromatic heterocycles. The van der Waals surface area contributed by atoms with Crippen molar-refractivity contribution in [3.05, 3.63) is 48.7 Å². The van der Waals surface area contributed by atoms with Gasteiger partial charge in [0.15, 0.2) is 5.78 Å². The van der Waals surface area contributed by atoms with Crippen LogP contribution >= 0.6 is 0 Å². The van der Waals surface area contributed by atoms with Crippen LogP contribution in [0.5, 0.6) is 0 Å². The lowest BCUT2D eigenvalue weighted by atomic mass is 10.0. The molecule has 0 bridgehead atoms. The molecule has 3 heterocycles. The van der Waals surface area contributed by atoms with Gasteiger partial charge in [0.25, 0.3) is 0 Å². The van der Waals surface area contributed by atoms with Gasteiger partial charge in [0.1, 0.15) is 0 Å². The molecule has 0 amide bonds. The molecule has 0 saturated carbocycles. The van der Waals surface area contributed by atoms with Crippen LogP contribution in [0, 0.1) is 0 Å². The number of morpholine rings is 1. The quantitative estimate of drug-likeness (QED) is 0.696. The van der Waals surface area contributed by atoms with E-state index < -0.39 is 0 Å². The normalized spacial score (nSPS) is 18.1. The number of carbonyl (C=O) groups excluding carboxylic acids is 1. The summed E-state index contributed by atoms with van der Waals surface area (Å²) in [5.41, 5.74) is 2.98. The summed E-state index contributed by atoms with van der Waals surface area (Å²) in [7, 11) is 1.98. The summed E-state index contributed by atoms with van der Waals surface area (Å²) < 4.78 is 7.53. The van der Waals surface area contributed by atoms with Gasteiger partial charge in [-0.25, -0.2) is 4.98 Å². The number of fused-ring (bicyclic) bond motifs is 1. The SMILES string of the molecule is C[C@H]1CN(CC(=O)Cc2cc3cc(-c4cncn4C)ccc3cn2)CCO1. The predicted octanol–water partition coefficient (Wildman–Crippen LogP) is 2.47. The van der Waals surface area contributed by atoms with Crippen LogP contribution in [0.15, 0.2) is 43.0 Å². The van der Waals surface area contributed by atoms with Gasteiger partial charge in [0.05, 0.1) is 43.9 Å². The van der Waals surface area contributed by atoms with Crippen LogP contribution in [0.2, 0.25) is 0 Å². The molecular formula is C21H24N4O2. The monoisotopic (exact) mass is 364 g/mol. The number of hydrogen-bond donors (Lipinski definition) is 0. The average molecular weight is 364 g/mol. The third-order valence-corrected chi connectivity index (χ3v) is 4.99. The molecule has 0 spiro atoms. The molecule has 0 aliphatic carbocycles. The van der Waals surface area contributed by atoms with Gasteiger partial charge in [-0.1, -0.05) is 12.1 Å². The van der Waals surface area contributed by atoms with Gasteiger partial charge in [-0.05, 0) is 24.4 Å². The first kappa shape index (κ1) is 17.8. The first-order chi connectivity index (χ1) is 13.1. The fourth-order valence-electron chi connectivity index (χ4n) is 3.62. The summed E-state index contributed by atoms with van der Waals surface area (Å²) in [5.74, 6) is 0.193. The Labute approximate surface area is 158 Å². The van der Waals surface area contributed by atoms with Crippen molar-refractivity contribution < 1.29 is 9.53 Å². The third-order valence-electron chi connectivity index (χ3n) is 4.99. The number of carbonyl (C=O) groups is 1. The van der Waals surface area contributed by atoms with Crippen molar-refractivity contribution in [1.82, 2.24) is 19.4 Å². The highest BCUT2D eigenvalue weighted by atomic mass is 16.5. The fraction of sp³-hybridized carbons (Fsp3) is 0.381. The zero-order valence-corrected chi connectivity index (χ0v) is 15.8. The van der Waals surface area contributed by atoms with Crippen LogP contribution in [-0.2, 0) is 23.0 Å². The van der Waals surface area contributed by atoms with E-state index in [9.17, 15) is 4.79 Å². The predicted molar refractivity (Wildman–Crippen MR) is 105 cm³/mol. The number of rotatable bonds is 5. The van der Waals surface area contributed by atoms with Gasteiger partial charge in [0, 0.05) is 43.0 Å². The van der Waals surface area contributed by atoms with Gasteiger partial charge in [-0.15, -0.1) is 0 Å². The van der Waals surface area contributed by atoms with Crippen molar-refractivity contribution in [2.45, 2.75) is 19.4 Å². The number of ether oxygens (including phenoxy) is 1. The highest BCUT2D eigenvalue weighted by Crippen LogP contribution is 2.24. The lowest BCUT2D eigenvalue weighted by Gasteiger charge is -2.30. The molecule has 0 unspecified atom stereocenters. The van der Waals surface area contributed by atoms with Crippen LogP contribution in [0.25, 0.3) is 22.0 Å². The molecule has 1 saturated heterocycles. The molecule has 1 atom stereocenters. The maximum atomic E-state index is 12.5. The molecule has 1 aliphatic rings. The molecule has 1 aromatic carbocycles. The fourth-order valence-corrected chi connectivity index (χ4v) is 3.62. The molecule has 6 nitrogen and oxygen atoms in total. The average Bonchev–Trinajstić information content (AvgIpc) is 3.07. The van der Waals surface area contributed by atoms with Gasteiger partial charge >= 0.3 is 0 Å². The first-order valence-electron chi connectivity index (χ1n) is 9.29. The number of benzene rings is 1. The number of Topliss-reactive ketones (excluding diaryl/α,β-unsaturated/α-hetero) is 1. The van der Waals surface area contributed by atoms with Crippen molar-refractivity contribution in [2.75, 3.05) is 26.2 Å². The van der Waals surface area contributed by atoms with E-state index in [0.29, 0.717) is 19.6 Å². The number of aromatic nitrogens is 3. The summed E-state index contributed by atoms with van der Waals surface area (Å²) >= 11 is 0. The van der Waals surface area contributed by atoms with Gasteiger partial charge in [-0.2, -0.15) is 0 Å². The maximum Gasteiger partial charge on any atom is 0.152 e. The highest BCUT2D eigenvalue weighted by Gasteiger charge is 2.19. The lowest BCUT2D eigenvalue weighted by molar-refractivity contribution is -0.121. The Bertz CT molecular complexity index is 966. The second-order valence-electron chi connectivity index (χ2n) is 7.26. The van der Waals surface area contributed by atoms with E-state index in [-0.39, 0.29) is 11.9 Å². The Morgan fingerprint density at radius 3 is 2.93 bits per heavy atom. The standard InChI is InChI=1S/C21H24N4O2/c1-15-12-25(5-6-27-15)13-20(26)9-19-8-18-7-16(3-4-17(18)10-23-19)21-11-22-14-24(21)2/h3-4,7-8,10-11,14-15H,5-6,9,12-13H2,1-2H3/t15-/m0/s1. The first-order valence-corrected chi connectivity index (χ1v) is 9.29. The highest BCUT2D eigenvalue weighted by molar-refractivity contribution is 5.88. The minimum Gasteiger partial charge on any atom is -0.376 e. The number of aryl methyl sites for hydroxylation is 1.